The number of nitrogens with one attached hydrogen (secondary N) is 2. The van der Waals surface area contributed by atoms with Crippen LogP contribution in [0.15, 0.2) is 72.9 Å². The molecule has 40 heavy (non-hydrogen) atoms. The highest BCUT2D eigenvalue weighted by Crippen LogP contribution is 2.37. The Bertz CT molecular complexity index is 1390. The van der Waals surface area contributed by atoms with E-state index in [-0.39, 0.29) is 5.41 Å². The van der Waals surface area contributed by atoms with Crippen LogP contribution in [0.2, 0.25) is 0 Å². The van der Waals surface area contributed by atoms with Gasteiger partial charge >= 0.3 is 0 Å². The third-order valence-electron chi connectivity index (χ3n) is 7.04. The maximum Gasteiger partial charge on any atom is 0.163 e. The zero-order valence-corrected chi connectivity index (χ0v) is 23.8. The Morgan fingerprint density at radius 2 is 1.68 bits per heavy atom. The van der Waals surface area contributed by atoms with E-state index in [0.29, 0.717) is 30.0 Å². The topological polar surface area (TPSA) is 73.9 Å². The van der Waals surface area contributed by atoms with Gasteiger partial charge in [-0.2, -0.15) is 0 Å². The molecule has 210 valence electrons. The van der Waals surface area contributed by atoms with Crippen LogP contribution < -0.4 is 24.8 Å². The SMILES string of the molecule is COc1cc2c(Oc3ccc(Nc4ccc(C(C)(C)C)cc4)cc3)ccnc2cc1OCCNCC1CCCO1. The minimum Gasteiger partial charge on any atom is -0.493 e. The molecule has 7 heteroatoms. The molecule has 1 unspecified atom stereocenters. The summed E-state index contributed by atoms with van der Waals surface area (Å²) < 4.78 is 23.6. The second kappa shape index (κ2) is 12.6. The Morgan fingerprint density at radius 1 is 0.925 bits per heavy atom. The van der Waals surface area contributed by atoms with Crippen LogP contribution in [0.4, 0.5) is 11.4 Å². The molecule has 7 nitrogen and oxygen atoms in total. The van der Waals surface area contributed by atoms with E-state index in [4.69, 9.17) is 18.9 Å². The molecule has 1 atom stereocenters. The summed E-state index contributed by atoms with van der Waals surface area (Å²) >= 11 is 0. The fourth-order valence-electron chi connectivity index (χ4n) is 4.74. The van der Waals surface area contributed by atoms with Crippen molar-refractivity contribution in [2.75, 3.05) is 38.7 Å². The first-order chi connectivity index (χ1) is 19.4. The van der Waals surface area contributed by atoms with Crippen molar-refractivity contribution in [3.8, 4) is 23.0 Å². The van der Waals surface area contributed by atoms with Gasteiger partial charge in [0, 0.05) is 48.7 Å². The first kappa shape index (κ1) is 27.7. The lowest BCUT2D eigenvalue weighted by Crippen LogP contribution is -2.29. The van der Waals surface area contributed by atoms with E-state index in [9.17, 15) is 0 Å². The van der Waals surface area contributed by atoms with Crippen LogP contribution in [0.3, 0.4) is 0 Å². The lowest BCUT2D eigenvalue weighted by atomic mass is 9.87. The zero-order valence-electron chi connectivity index (χ0n) is 23.8. The first-order valence-electron chi connectivity index (χ1n) is 14.0. The van der Waals surface area contributed by atoms with Gasteiger partial charge in [0.1, 0.15) is 18.1 Å². The molecule has 5 rings (SSSR count). The lowest BCUT2D eigenvalue weighted by Gasteiger charge is -2.19. The molecule has 1 aliphatic rings. The number of anilines is 2. The molecule has 1 aliphatic heterocycles. The quantitative estimate of drug-likeness (QED) is 0.194. The van der Waals surface area contributed by atoms with Crippen LogP contribution in [-0.2, 0) is 10.2 Å². The van der Waals surface area contributed by atoms with Gasteiger partial charge in [0.15, 0.2) is 11.5 Å². The predicted octanol–water partition coefficient (Wildman–Crippen LogP) is 7.22. The van der Waals surface area contributed by atoms with Gasteiger partial charge in [0.25, 0.3) is 0 Å². The van der Waals surface area contributed by atoms with Crippen LogP contribution in [0.1, 0.15) is 39.2 Å². The zero-order chi connectivity index (χ0) is 28.0. The average molecular weight is 542 g/mol. The molecule has 1 aromatic heterocycles. The number of benzene rings is 3. The van der Waals surface area contributed by atoms with Crippen molar-refractivity contribution >= 4 is 22.3 Å². The molecule has 4 aromatic rings. The molecule has 0 radical (unpaired) electrons. The molecular weight excluding hydrogens is 502 g/mol. The van der Waals surface area contributed by atoms with Gasteiger partial charge in [0.05, 0.1) is 18.7 Å². The largest absolute Gasteiger partial charge is 0.493 e. The highest BCUT2D eigenvalue weighted by atomic mass is 16.5. The first-order valence-corrected chi connectivity index (χ1v) is 14.0. The van der Waals surface area contributed by atoms with E-state index < -0.39 is 0 Å². The maximum atomic E-state index is 6.27. The van der Waals surface area contributed by atoms with E-state index in [1.807, 2.05) is 42.5 Å². The van der Waals surface area contributed by atoms with E-state index in [0.717, 1.165) is 60.6 Å². The van der Waals surface area contributed by atoms with Crippen molar-refractivity contribution in [3.05, 3.63) is 78.5 Å². The highest BCUT2D eigenvalue weighted by molar-refractivity contribution is 5.88. The fourth-order valence-corrected chi connectivity index (χ4v) is 4.74. The van der Waals surface area contributed by atoms with Gasteiger partial charge in [-0.3, -0.25) is 4.98 Å². The normalized spacial score (nSPS) is 15.2. The number of aromatic nitrogens is 1. The Hall–Kier alpha value is -3.81. The maximum absolute atomic E-state index is 6.27. The van der Waals surface area contributed by atoms with Crippen molar-refractivity contribution in [1.82, 2.24) is 10.3 Å². The van der Waals surface area contributed by atoms with Gasteiger partial charge in [-0.05, 0) is 72.4 Å². The van der Waals surface area contributed by atoms with E-state index in [1.165, 1.54) is 5.56 Å². The Kier molecular flexibility index (Phi) is 8.72. The van der Waals surface area contributed by atoms with E-state index in [1.54, 1.807) is 13.3 Å². The summed E-state index contributed by atoms with van der Waals surface area (Å²) in [6.07, 6.45) is 4.32. The van der Waals surface area contributed by atoms with Crippen molar-refractivity contribution in [2.45, 2.75) is 45.1 Å². The molecule has 1 fully saturated rings. The molecule has 3 aromatic carbocycles. The molecule has 2 heterocycles. The summed E-state index contributed by atoms with van der Waals surface area (Å²) in [5.74, 6) is 2.73. The molecule has 1 saturated heterocycles. The molecule has 0 saturated carbocycles. The molecule has 0 aliphatic carbocycles. The third kappa shape index (κ3) is 7.03. The number of hydrogen-bond acceptors (Lipinski definition) is 7. The molecular formula is C33H39N3O4. The predicted molar refractivity (Wildman–Crippen MR) is 161 cm³/mol. The van der Waals surface area contributed by atoms with Crippen molar-refractivity contribution < 1.29 is 18.9 Å². The highest BCUT2D eigenvalue weighted by Gasteiger charge is 2.16. The Morgan fingerprint density at radius 3 is 2.35 bits per heavy atom. The average Bonchev–Trinajstić information content (AvgIpc) is 3.47. The van der Waals surface area contributed by atoms with Gasteiger partial charge in [-0.1, -0.05) is 32.9 Å². The van der Waals surface area contributed by atoms with E-state index >= 15 is 0 Å². The smallest absolute Gasteiger partial charge is 0.163 e. The van der Waals surface area contributed by atoms with Crippen LogP contribution in [0, 0.1) is 0 Å². The van der Waals surface area contributed by atoms with Crippen molar-refractivity contribution in [3.63, 3.8) is 0 Å². The van der Waals surface area contributed by atoms with Gasteiger partial charge in [-0.15, -0.1) is 0 Å². The monoisotopic (exact) mass is 541 g/mol. The fraction of sp³-hybridized carbons (Fsp3) is 0.364. The summed E-state index contributed by atoms with van der Waals surface area (Å²) in [6.45, 7) is 9.62. The molecule has 2 N–H and O–H groups in total. The second-order valence-electron chi connectivity index (χ2n) is 11.1. The second-order valence-corrected chi connectivity index (χ2v) is 11.1. The number of hydrogen-bond donors (Lipinski definition) is 2. The standard InChI is InChI=1S/C33H39N3O4/c1-33(2,3)23-7-9-24(10-8-23)36-25-11-13-26(14-12-25)40-30-15-16-35-29-21-32(31(37-4)20-28(29)30)39-19-17-34-22-27-6-5-18-38-27/h7-16,20-21,27,34,36H,5-6,17-19,22H2,1-4H3. The summed E-state index contributed by atoms with van der Waals surface area (Å²) in [5, 5.41) is 7.71. The third-order valence-corrected chi connectivity index (χ3v) is 7.04. The Labute approximate surface area is 236 Å². The minimum absolute atomic E-state index is 0.134. The van der Waals surface area contributed by atoms with Crippen molar-refractivity contribution in [1.29, 1.82) is 0 Å². The summed E-state index contributed by atoms with van der Waals surface area (Å²) in [5.41, 5.74) is 4.26. The van der Waals surface area contributed by atoms with Gasteiger partial charge in [-0.25, -0.2) is 0 Å². The van der Waals surface area contributed by atoms with Gasteiger partial charge in [0.2, 0.25) is 0 Å². The molecule has 0 bridgehead atoms. The number of nitrogens with zero attached hydrogens (tertiary/aromatic N) is 1. The van der Waals surface area contributed by atoms with Crippen LogP contribution in [0.5, 0.6) is 23.0 Å². The molecule has 0 amide bonds. The number of rotatable bonds is 11. The van der Waals surface area contributed by atoms with Crippen LogP contribution >= 0.6 is 0 Å². The summed E-state index contributed by atoms with van der Waals surface area (Å²) in [4.78, 5) is 4.54. The van der Waals surface area contributed by atoms with Gasteiger partial charge < -0.3 is 29.6 Å². The van der Waals surface area contributed by atoms with E-state index in [2.05, 4.69) is 60.7 Å². The van der Waals surface area contributed by atoms with Crippen LogP contribution in [-0.4, -0.2) is 44.5 Å². The summed E-state index contributed by atoms with van der Waals surface area (Å²) in [7, 11) is 1.64. The minimum atomic E-state index is 0.134. The number of ether oxygens (including phenoxy) is 4. The number of methoxy groups -OCH3 is 1. The lowest BCUT2D eigenvalue weighted by molar-refractivity contribution is 0.109. The van der Waals surface area contributed by atoms with Crippen LogP contribution in [0.25, 0.3) is 10.9 Å². The summed E-state index contributed by atoms with van der Waals surface area (Å²) in [6, 6.07) is 22.2. The Balaban J connectivity index is 1.22. The van der Waals surface area contributed by atoms with Crippen molar-refractivity contribution in [2.24, 2.45) is 0 Å². The number of pyridine rings is 1. The molecule has 0 spiro atoms. The number of fused-ring (bicyclic) bond motifs is 1.